The predicted octanol–water partition coefficient (Wildman–Crippen LogP) is -2.75. The van der Waals surface area contributed by atoms with E-state index in [1.165, 1.54) is 0 Å². The summed E-state index contributed by atoms with van der Waals surface area (Å²) in [7, 11) is -5.17. The Morgan fingerprint density at radius 2 is 1.72 bits per heavy atom. The van der Waals surface area contributed by atoms with Crippen LogP contribution in [-0.2, 0) is 37.0 Å². The summed E-state index contributed by atoms with van der Waals surface area (Å²) in [5.74, 6) is -2.78. The molecule has 18 heavy (non-hydrogen) atoms. The Morgan fingerprint density at radius 1 is 1.33 bits per heavy atom. The number of aliphatic hydroxyl groups excluding tert-OH is 4. The van der Waals surface area contributed by atoms with Crippen LogP contribution in [0.2, 0.25) is 0 Å². The SMILES string of the molecule is O=C1O[C@H]([C@@H](O)CO)C(O)=C1O.O=S(=O)([O-])[O-].[Cu+2]. The number of rotatable bonds is 2. The minimum atomic E-state index is -5.17. The maximum Gasteiger partial charge on any atom is 2.00 e. The van der Waals surface area contributed by atoms with Crippen LogP contribution >= 0.6 is 0 Å². The van der Waals surface area contributed by atoms with Gasteiger partial charge in [0.05, 0.1) is 6.61 Å². The molecule has 0 fully saturated rings. The van der Waals surface area contributed by atoms with Crippen molar-refractivity contribution in [1.82, 2.24) is 0 Å². The predicted molar refractivity (Wildman–Crippen MR) is 45.7 cm³/mol. The van der Waals surface area contributed by atoms with Gasteiger partial charge in [0, 0.05) is 10.4 Å². The average molecular weight is 336 g/mol. The number of cyclic esters (lactones) is 1. The van der Waals surface area contributed by atoms with E-state index >= 15 is 0 Å². The number of ether oxygens (including phenoxy) is 1. The maximum atomic E-state index is 10.5. The van der Waals surface area contributed by atoms with Crippen LogP contribution in [-0.4, -0.2) is 62.7 Å². The van der Waals surface area contributed by atoms with Crippen molar-refractivity contribution in [3.05, 3.63) is 11.5 Å². The molecule has 0 aliphatic carbocycles. The number of hydrogen-bond acceptors (Lipinski definition) is 10. The van der Waals surface area contributed by atoms with Crippen LogP contribution in [0.5, 0.6) is 0 Å². The van der Waals surface area contributed by atoms with Gasteiger partial charge in [0.2, 0.25) is 5.76 Å². The van der Waals surface area contributed by atoms with E-state index in [9.17, 15) is 4.79 Å². The van der Waals surface area contributed by atoms with Crippen LogP contribution in [0, 0.1) is 0 Å². The van der Waals surface area contributed by atoms with E-state index in [4.69, 9.17) is 37.9 Å². The molecule has 4 N–H and O–H groups in total. The molecule has 0 bridgehead atoms. The number of esters is 1. The van der Waals surface area contributed by atoms with Crippen molar-refractivity contribution in [2.75, 3.05) is 6.61 Å². The normalized spacial score (nSPS) is 20.4. The van der Waals surface area contributed by atoms with Crippen LogP contribution in [0.15, 0.2) is 11.5 Å². The summed E-state index contributed by atoms with van der Waals surface area (Å²) in [6.07, 6.45) is -2.78. The molecule has 1 heterocycles. The van der Waals surface area contributed by atoms with Gasteiger partial charge in [-0.15, -0.1) is 0 Å². The molecule has 12 heteroatoms. The zero-order valence-corrected chi connectivity index (χ0v) is 10.1. The van der Waals surface area contributed by atoms with Gasteiger partial charge in [0.1, 0.15) is 6.10 Å². The average Bonchev–Trinajstić information content (AvgIpc) is 2.42. The molecule has 0 amide bonds. The molecule has 0 saturated carbocycles. The van der Waals surface area contributed by atoms with Crippen LogP contribution in [0.1, 0.15) is 0 Å². The van der Waals surface area contributed by atoms with Crippen molar-refractivity contribution >= 4 is 16.4 Å². The second kappa shape index (κ2) is 7.53. The van der Waals surface area contributed by atoms with Crippen molar-refractivity contribution in [2.45, 2.75) is 12.2 Å². The Labute approximate surface area is 112 Å². The summed E-state index contributed by atoms with van der Waals surface area (Å²) in [6.45, 7) is -0.671. The first-order valence-electron chi connectivity index (χ1n) is 3.86. The van der Waals surface area contributed by atoms with E-state index in [0.717, 1.165) is 0 Å². The van der Waals surface area contributed by atoms with Crippen LogP contribution in [0.25, 0.3) is 0 Å². The monoisotopic (exact) mass is 335 g/mol. The van der Waals surface area contributed by atoms with Gasteiger partial charge in [-0.25, -0.2) is 4.79 Å². The van der Waals surface area contributed by atoms with Crippen LogP contribution in [0.4, 0.5) is 0 Å². The molecule has 0 unspecified atom stereocenters. The smallest absolute Gasteiger partial charge is 0.759 e. The first-order chi connectivity index (χ1) is 7.57. The van der Waals surface area contributed by atoms with Gasteiger partial charge in [-0.2, -0.15) is 0 Å². The van der Waals surface area contributed by atoms with Crippen molar-refractivity contribution in [1.29, 1.82) is 0 Å². The molecule has 10 nitrogen and oxygen atoms in total. The molecule has 1 radical (unpaired) electrons. The van der Waals surface area contributed by atoms with E-state index in [0.29, 0.717) is 0 Å². The van der Waals surface area contributed by atoms with Crippen molar-refractivity contribution in [2.24, 2.45) is 0 Å². The Morgan fingerprint density at radius 3 is 1.94 bits per heavy atom. The standard InChI is InChI=1S/C6H8O6.Cu.H2O4S/c7-1-2(8)5-3(9)4(10)6(11)12-5;;1-5(2,3)4/h2,5,7-10H,1H2;;(H2,1,2,3,4)/q;+2;/p-2/t2-,5+;;/m0../s1. The summed E-state index contributed by atoms with van der Waals surface area (Å²) in [5.41, 5.74) is 0. The van der Waals surface area contributed by atoms with E-state index in [2.05, 4.69) is 4.74 Å². The molecule has 0 saturated heterocycles. The van der Waals surface area contributed by atoms with Gasteiger partial charge in [-0.1, -0.05) is 0 Å². The van der Waals surface area contributed by atoms with E-state index in [1.807, 2.05) is 0 Å². The minimum Gasteiger partial charge on any atom is -0.759 e. The van der Waals surface area contributed by atoms with Gasteiger partial charge < -0.3 is 34.3 Å². The van der Waals surface area contributed by atoms with E-state index < -0.39 is 46.7 Å². The Balaban J connectivity index is 0. The molecular weight excluding hydrogens is 328 g/mol. The van der Waals surface area contributed by atoms with Crippen LogP contribution < -0.4 is 0 Å². The van der Waals surface area contributed by atoms with Crippen LogP contribution in [0.3, 0.4) is 0 Å². The van der Waals surface area contributed by atoms with Gasteiger partial charge in [-0.3, -0.25) is 8.42 Å². The third-order valence-electron chi connectivity index (χ3n) is 1.48. The quantitative estimate of drug-likeness (QED) is 0.178. The zero-order valence-electron chi connectivity index (χ0n) is 8.31. The minimum absolute atomic E-state index is 0. The third-order valence-corrected chi connectivity index (χ3v) is 1.48. The summed E-state index contributed by atoms with van der Waals surface area (Å²) >= 11 is 0. The summed E-state index contributed by atoms with van der Waals surface area (Å²) in [4.78, 5) is 10.5. The molecule has 0 spiro atoms. The largest absolute Gasteiger partial charge is 2.00 e. The Hall–Kier alpha value is -0.881. The summed E-state index contributed by atoms with van der Waals surface area (Å²) in [5, 5.41) is 35.0. The van der Waals surface area contributed by atoms with E-state index in [1.54, 1.807) is 0 Å². The van der Waals surface area contributed by atoms with Crippen molar-refractivity contribution < 1.29 is 64.5 Å². The second-order valence-corrected chi connectivity index (χ2v) is 3.53. The molecular formula is C6H8CuO10S. The zero-order chi connectivity index (χ0) is 13.8. The summed E-state index contributed by atoms with van der Waals surface area (Å²) < 4.78 is 38.4. The van der Waals surface area contributed by atoms with Crippen molar-refractivity contribution in [3.8, 4) is 0 Å². The number of hydrogen-bond donors (Lipinski definition) is 4. The summed E-state index contributed by atoms with van der Waals surface area (Å²) in [6, 6.07) is 0. The first kappa shape index (κ1) is 19.5. The fourth-order valence-electron chi connectivity index (χ4n) is 0.823. The first-order valence-corrected chi connectivity index (χ1v) is 5.20. The molecule has 2 atom stereocenters. The van der Waals surface area contributed by atoms with Gasteiger partial charge >= 0.3 is 23.0 Å². The maximum absolute atomic E-state index is 10.5. The molecule has 109 valence electrons. The number of carbonyl (C=O) groups is 1. The topological polar surface area (TPSA) is 187 Å². The number of carbonyl (C=O) groups excluding carboxylic acids is 1. The number of aliphatic hydroxyl groups is 4. The van der Waals surface area contributed by atoms with Gasteiger partial charge in [-0.05, 0) is 0 Å². The molecule has 1 rings (SSSR count). The second-order valence-electron chi connectivity index (χ2n) is 2.72. The molecule has 1 aliphatic rings. The third kappa shape index (κ3) is 6.76. The van der Waals surface area contributed by atoms with E-state index in [-0.39, 0.29) is 17.1 Å². The van der Waals surface area contributed by atoms with Gasteiger partial charge in [0.25, 0.3) is 0 Å². The van der Waals surface area contributed by atoms with Crippen molar-refractivity contribution in [3.63, 3.8) is 0 Å². The molecule has 1 aliphatic heterocycles. The molecule has 0 aromatic rings. The molecule has 0 aromatic carbocycles. The molecule has 0 aromatic heterocycles. The Kier molecular flexibility index (Phi) is 8.14. The fraction of sp³-hybridized carbons (Fsp3) is 0.500. The Bertz CT molecular complexity index is 406. The van der Waals surface area contributed by atoms with Gasteiger partial charge in [0.15, 0.2) is 11.9 Å². The fourth-order valence-corrected chi connectivity index (χ4v) is 0.823.